The van der Waals surface area contributed by atoms with Crippen LogP contribution >= 0.6 is 11.3 Å². The normalized spacial score (nSPS) is 12.3. The van der Waals surface area contributed by atoms with Gasteiger partial charge in [-0.05, 0) is 54.6 Å². The molecule has 0 radical (unpaired) electrons. The summed E-state index contributed by atoms with van der Waals surface area (Å²) < 4.78 is 13.9. The Morgan fingerprint density at radius 3 is 1.76 bits per heavy atom. The lowest BCUT2D eigenvalue weighted by Gasteiger charge is -2.12. The van der Waals surface area contributed by atoms with Gasteiger partial charge in [-0.15, -0.1) is 11.3 Å². The quantitative estimate of drug-likeness (QED) is 0.192. The third-order valence-electron chi connectivity index (χ3n) is 9.68. The predicted octanol–water partition coefficient (Wildman–Crippen LogP) is 12.1. The minimum absolute atomic E-state index is 0.906. The molecule has 0 fully saturated rings. The number of thiophene rings is 1. The first-order valence-electron chi connectivity index (χ1n) is 15.6. The molecule has 4 aromatic heterocycles. The summed E-state index contributed by atoms with van der Waals surface area (Å²) >= 11 is 1.91. The van der Waals surface area contributed by atoms with Crippen molar-refractivity contribution in [3.63, 3.8) is 0 Å². The molecule has 0 saturated heterocycles. The van der Waals surface area contributed by atoms with E-state index in [1.54, 1.807) is 0 Å². The molecule has 0 amide bonds. The summed E-state index contributed by atoms with van der Waals surface area (Å²) in [5.41, 5.74) is 9.03. The van der Waals surface area contributed by atoms with E-state index in [0.717, 1.165) is 27.6 Å². The van der Waals surface area contributed by atoms with E-state index in [4.69, 9.17) is 4.42 Å². The smallest absolute Gasteiger partial charge is 0.135 e. The maximum Gasteiger partial charge on any atom is 0.135 e. The van der Waals surface area contributed by atoms with Crippen LogP contribution in [0, 0.1) is 0 Å². The molecule has 46 heavy (non-hydrogen) atoms. The van der Waals surface area contributed by atoms with Gasteiger partial charge in [-0.2, -0.15) is 0 Å². The van der Waals surface area contributed by atoms with Crippen LogP contribution in [0.2, 0.25) is 0 Å². The minimum Gasteiger partial charge on any atom is -0.456 e. The number of para-hydroxylation sites is 4. The highest BCUT2D eigenvalue weighted by molar-refractivity contribution is 7.27. The van der Waals surface area contributed by atoms with Crippen LogP contribution < -0.4 is 0 Å². The van der Waals surface area contributed by atoms with Gasteiger partial charge < -0.3 is 13.6 Å². The second-order valence-corrected chi connectivity index (χ2v) is 13.1. The third kappa shape index (κ3) is 3.06. The molecule has 0 aliphatic rings. The Labute approximate surface area is 266 Å². The van der Waals surface area contributed by atoms with Crippen molar-refractivity contribution in [2.24, 2.45) is 0 Å². The van der Waals surface area contributed by atoms with E-state index >= 15 is 0 Å². The first kappa shape index (κ1) is 24.5. The van der Waals surface area contributed by atoms with Crippen molar-refractivity contribution in [3.05, 3.63) is 146 Å². The fourth-order valence-electron chi connectivity index (χ4n) is 7.85. The summed E-state index contributed by atoms with van der Waals surface area (Å²) in [7, 11) is 0. The molecule has 0 bridgehead atoms. The van der Waals surface area contributed by atoms with Crippen LogP contribution in [-0.2, 0) is 0 Å². The zero-order chi connectivity index (χ0) is 29.9. The monoisotopic (exact) mass is 604 g/mol. The molecule has 3 nitrogen and oxygen atoms in total. The standard InChI is InChI=1S/C42H24N2OS/c1-2-12-25(13-3-1)43-33-19-9-5-16-29(33)38-40(43)37-28-15-4-8-18-32(28)44(41(37)39-30-17-7-11-21-36(30)46-42(38)39)26-22-23-35-31(24-26)27-14-6-10-20-34(27)45-35/h1-24H. The summed E-state index contributed by atoms with van der Waals surface area (Å²) in [6, 6.07) is 52.5. The second kappa shape index (κ2) is 8.87. The van der Waals surface area contributed by atoms with E-state index in [0.29, 0.717) is 0 Å². The molecule has 0 atom stereocenters. The molecule has 7 aromatic carbocycles. The number of rotatable bonds is 2. The topological polar surface area (TPSA) is 23.0 Å². The number of hydrogen-bond donors (Lipinski definition) is 0. The molecule has 0 N–H and O–H groups in total. The Bertz CT molecular complexity index is 3030. The van der Waals surface area contributed by atoms with E-state index in [2.05, 4.69) is 149 Å². The molecule has 4 heteroatoms. The van der Waals surface area contributed by atoms with Gasteiger partial charge >= 0.3 is 0 Å². The van der Waals surface area contributed by atoms with Crippen molar-refractivity contribution in [1.82, 2.24) is 9.13 Å². The SMILES string of the molecule is c1ccc(-n2c3ccccc3c3c4sc5ccccc5c4c4c(c5ccccc5n4-c4ccc5oc6ccccc6c5c4)c32)cc1. The van der Waals surface area contributed by atoms with Gasteiger partial charge in [0.1, 0.15) is 11.2 Å². The molecule has 0 aliphatic carbocycles. The number of nitrogens with zero attached hydrogens (tertiary/aromatic N) is 2. The van der Waals surface area contributed by atoms with Crippen molar-refractivity contribution < 1.29 is 4.42 Å². The van der Waals surface area contributed by atoms with Crippen molar-refractivity contribution >= 4 is 97.1 Å². The Kier molecular flexibility index (Phi) is 4.72. The van der Waals surface area contributed by atoms with E-state index in [1.165, 1.54) is 69.5 Å². The molecule has 0 aliphatic heterocycles. The van der Waals surface area contributed by atoms with Crippen molar-refractivity contribution in [1.29, 1.82) is 0 Å². The van der Waals surface area contributed by atoms with Crippen LogP contribution in [0.1, 0.15) is 0 Å². The van der Waals surface area contributed by atoms with Gasteiger partial charge in [-0.3, -0.25) is 0 Å². The van der Waals surface area contributed by atoms with Gasteiger partial charge in [0, 0.05) is 63.9 Å². The lowest BCUT2D eigenvalue weighted by atomic mass is 10.0. The van der Waals surface area contributed by atoms with Crippen LogP contribution in [0.15, 0.2) is 150 Å². The average molecular weight is 605 g/mol. The fourth-order valence-corrected chi connectivity index (χ4v) is 9.11. The highest BCUT2D eigenvalue weighted by atomic mass is 32.1. The first-order valence-corrected chi connectivity index (χ1v) is 16.4. The number of benzene rings is 7. The predicted molar refractivity (Wildman–Crippen MR) is 195 cm³/mol. The van der Waals surface area contributed by atoms with Crippen molar-refractivity contribution in [2.75, 3.05) is 0 Å². The molecular weight excluding hydrogens is 581 g/mol. The van der Waals surface area contributed by atoms with Crippen LogP contribution in [-0.4, -0.2) is 9.13 Å². The number of fused-ring (bicyclic) bond motifs is 15. The van der Waals surface area contributed by atoms with Crippen LogP contribution in [0.5, 0.6) is 0 Å². The van der Waals surface area contributed by atoms with Gasteiger partial charge in [0.25, 0.3) is 0 Å². The van der Waals surface area contributed by atoms with E-state index in [1.807, 2.05) is 17.4 Å². The maximum absolute atomic E-state index is 6.26. The Hall–Kier alpha value is -5.84. The van der Waals surface area contributed by atoms with Crippen molar-refractivity contribution in [2.45, 2.75) is 0 Å². The van der Waals surface area contributed by atoms with E-state index < -0.39 is 0 Å². The summed E-state index contributed by atoms with van der Waals surface area (Å²) in [4.78, 5) is 0. The Morgan fingerprint density at radius 1 is 0.413 bits per heavy atom. The molecular formula is C42H24N2OS. The lowest BCUT2D eigenvalue weighted by Crippen LogP contribution is -1.96. The molecule has 0 spiro atoms. The van der Waals surface area contributed by atoms with Gasteiger partial charge in [0.15, 0.2) is 0 Å². The first-order chi connectivity index (χ1) is 22.8. The minimum atomic E-state index is 0.906. The van der Waals surface area contributed by atoms with E-state index in [9.17, 15) is 0 Å². The molecule has 11 aromatic rings. The number of furan rings is 1. The Morgan fingerprint density at radius 2 is 0.978 bits per heavy atom. The highest BCUT2D eigenvalue weighted by Crippen LogP contribution is 2.51. The molecule has 0 unspecified atom stereocenters. The van der Waals surface area contributed by atoms with Gasteiger partial charge in [-0.25, -0.2) is 0 Å². The molecule has 0 saturated carbocycles. The summed E-state index contributed by atoms with van der Waals surface area (Å²) in [5.74, 6) is 0. The zero-order valence-electron chi connectivity index (χ0n) is 24.6. The molecule has 214 valence electrons. The van der Waals surface area contributed by atoms with Crippen LogP contribution in [0.25, 0.3) is 97.1 Å². The average Bonchev–Trinajstić information content (AvgIpc) is 3.85. The van der Waals surface area contributed by atoms with Gasteiger partial charge in [0.05, 0.1) is 22.1 Å². The van der Waals surface area contributed by atoms with Crippen LogP contribution in [0.3, 0.4) is 0 Å². The maximum atomic E-state index is 6.26. The van der Waals surface area contributed by atoms with Crippen LogP contribution in [0.4, 0.5) is 0 Å². The lowest BCUT2D eigenvalue weighted by molar-refractivity contribution is 0.669. The zero-order valence-corrected chi connectivity index (χ0v) is 25.4. The van der Waals surface area contributed by atoms with Gasteiger partial charge in [-0.1, -0.05) is 91.0 Å². The van der Waals surface area contributed by atoms with Gasteiger partial charge in [0.2, 0.25) is 0 Å². The fraction of sp³-hybridized carbons (Fsp3) is 0. The Balaban J connectivity index is 1.45. The summed E-state index contributed by atoms with van der Waals surface area (Å²) in [6.07, 6.45) is 0. The number of hydrogen-bond acceptors (Lipinski definition) is 2. The third-order valence-corrected chi connectivity index (χ3v) is 10.9. The molecule has 4 heterocycles. The summed E-state index contributed by atoms with van der Waals surface area (Å²) in [5, 5.41) is 10.0. The highest BCUT2D eigenvalue weighted by Gasteiger charge is 2.26. The largest absolute Gasteiger partial charge is 0.456 e. The van der Waals surface area contributed by atoms with E-state index in [-0.39, 0.29) is 0 Å². The summed E-state index contributed by atoms with van der Waals surface area (Å²) in [6.45, 7) is 0. The number of aromatic nitrogens is 2. The second-order valence-electron chi connectivity index (χ2n) is 12.1. The van der Waals surface area contributed by atoms with Crippen molar-refractivity contribution in [3.8, 4) is 11.4 Å². The molecule has 11 rings (SSSR count).